The van der Waals surface area contributed by atoms with Crippen molar-refractivity contribution < 1.29 is 19.1 Å². The van der Waals surface area contributed by atoms with E-state index in [4.69, 9.17) is 14.7 Å². The number of hydrogen-bond donors (Lipinski definition) is 0. The minimum absolute atomic E-state index is 0.200. The summed E-state index contributed by atoms with van der Waals surface area (Å²) in [6.07, 6.45) is 1.53. The van der Waals surface area contributed by atoms with Crippen LogP contribution < -0.4 is 0 Å². The van der Waals surface area contributed by atoms with E-state index in [-0.39, 0.29) is 5.57 Å². The minimum Gasteiger partial charge on any atom is -0.422 e. The van der Waals surface area contributed by atoms with E-state index in [2.05, 4.69) is 0 Å². The molecule has 0 bridgehead atoms. The van der Waals surface area contributed by atoms with E-state index in [1.54, 1.807) is 0 Å². The number of rotatable bonds is 1. The normalized spacial score (nSPS) is 23.2. The first-order valence-corrected chi connectivity index (χ1v) is 5.02. The van der Waals surface area contributed by atoms with Gasteiger partial charge in [0.25, 0.3) is 5.79 Å². The second-order valence-electron chi connectivity index (χ2n) is 4.30. The van der Waals surface area contributed by atoms with Crippen LogP contribution in [0.2, 0.25) is 0 Å². The van der Waals surface area contributed by atoms with Crippen LogP contribution in [0.15, 0.2) is 11.1 Å². The predicted molar refractivity (Wildman–Crippen MR) is 51.6 cm³/mol. The van der Waals surface area contributed by atoms with Gasteiger partial charge in [0.15, 0.2) is 5.92 Å². The number of hydrogen-bond acceptors (Lipinski definition) is 5. The van der Waals surface area contributed by atoms with E-state index in [1.165, 1.54) is 13.8 Å². The van der Waals surface area contributed by atoms with Crippen molar-refractivity contribution >= 4 is 11.9 Å². The van der Waals surface area contributed by atoms with Gasteiger partial charge in [0, 0.05) is 13.8 Å². The largest absolute Gasteiger partial charge is 0.422 e. The van der Waals surface area contributed by atoms with E-state index in [0.29, 0.717) is 0 Å². The Morgan fingerprint density at radius 3 is 2.19 bits per heavy atom. The third-order valence-corrected chi connectivity index (χ3v) is 2.45. The van der Waals surface area contributed by atoms with Crippen molar-refractivity contribution in [3.8, 4) is 6.07 Å². The summed E-state index contributed by atoms with van der Waals surface area (Å²) in [5.41, 5.74) is 1.05. The van der Waals surface area contributed by atoms with Crippen LogP contribution in [0.25, 0.3) is 0 Å². The fourth-order valence-electron chi connectivity index (χ4n) is 1.63. The molecular weight excluding hydrogens is 210 g/mol. The molecule has 1 saturated heterocycles. The molecule has 0 aromatic rings. The number of carbonyl (C=O) groups is 2. The molecule has 1 aliphatic carbocycles. The molecule has 16 heavy (non-hydrogen) atoms. The molecule has 2 fully saturated rings. The van der Waals surface area contributed by atoms with E-state index in [0.717, 1.165) is 18.4 Å². The summed E-state index contributed by atoms with van der Waals surface area (Å²) in [6.45, 7) is 2.96. The molecule has 0 N–H and O–H groups in total. The van der Waals surface area contributed by atoms with Crippen LogP contribution in [0.3, 0.4) is 0 Å². The number of esters is 2. The Bertz CT molecular complexity index is 415. The van der Waals surface area contributed by atoms with Gasteiger partial charge in [-0.25, -0.2) is 0 Å². The Balaban J connectivity index is 2.31. The van der Waals surface area contributed by atoms with Gasteiger partial charge < -0.3 is 9.47 Å². The van der Waals surface area contributed by atoms with E-state index < -0.39 is 23.6 Å². The van der Waals surface area contributed by atoms with Crippen LogP contribution in [-0.2, 0) is 19.1 Å². The fourth-order valence-corrected chi connectivity index (χ4v) is 1.63. The summed E-state index contributed by atoms with van der Waals surface area (Å²) in [5.74, 6) is -3.82. The Hall–Kier alpha value is -1.83. The van der Waals surface area contributed by atoms with E-state index in [9.17, 15) is 9.59 Å². The maximum Gasteiger partial charge on any atom is 0.328 e. The predicted octanol–water partition coefficient (Wildman–Crippen LogP) is 1.05. The first-order valence-electron chi connectivity index (χ1n) is 5.02. The Kier molecular flexibility index (Phi) is 2.23. The van der Waals surface area contributed by atoms with Crippen molar-refractivity contribution in [1.82, 2.24) is 0 Å². The molecule has 0 atom stereocenters. The van der Waals surface area contributed by atoms with E-state index in [1.807, 2.05) is 6.07 Å². The summed E-state index contributed by atoms with van der Waals surface area (Å²) in [7, 11) is 0. The Morgan fingerprint density at radius 1 is 1.31 bits per heavy atom. The van der Waals surface area contributed by atoms with Crippen LogP contribution in [0.4, 0.5) is 0 Å². The van der Waals surface area contributed by atoms with Crippen molar-refractivity contribution in [2.24, 2.45) is 5.92 Å². The van der Waals surface area contributed by atoms with Gasteiger partial charge in [-0.05, 0) is 12.8 Å². The Morgan fingerprint density at radius 2 is 1.81 bits per heavy atom. The lowest BCUT2D eigenvalue weighted by Crippen LogP contribution is -2.46. The van der Waals surface area contributed by atoms with Gasteiger partial charge in [-0.2, -0.15) is 5.26 Å². The van der Waals surface area contributed by atoms with Gasteiger partial charge in [-0.1, -0.05) is 5.57 Å². The molecule has 1 aliphatic heterocycles. The fraction of sp³-hybridized carbons (Fsp3) is 0.545. The molecule has 0 spiro atoms. The van der Waals surface area contributed by atoms with Crippen molar-refractivity contribution in [2.75, 3.05) is 0 Å². The molecule has 5 nitrogen and oxygen atoms in total. The molecule has 84 valence electrons. The van der Waals surface area contributed by atoms with Crippen LogP contribution in [0.1, 0.15) is 26.7 Å². The highest BCUT2D eigenvalue weighted by Crippen LogP contribution is 2.37. The number of nitriles is 1. The van der Waals surface area contributed by atoms with Crippen molar-refractivity contribution in [3.63, 3.8) is 0 Å². The smallest absolute Gasteiger partial charge is 0.328 e. The SMILES string of the molecule is CC1(C)OC(=O)C(C(C#N)=C2CC2)C(=O)O1. The molecule has 2 rings (SSSR count). The molecule has 1 heterocycles. The zero-order valence-electron chi connectivity index (χ0n) is 9.07. The van der Waals surface area contributed by atoms with Gasteiger partial charge in [0.2, 0.25) is 0 Å². The number of cyclic esters (lactones) is 2. The zero-order chi connectivity index (χ0) is 11.9. The first kappa shape index (κ1) is 10.7. The van der Waals surface area contributed by atoms with Crippen LogP contribution in [-0.4, -0.2) is 17.7 Å². The maximum absolute atomic E-state index is 11.6. The summed E-state index contributed by atoms with van der Waals surface area (Å²) in [6, 6.07) is 1.90. The summed E-state index contributed by atoms with van der Waals surface area (Å²) >= 11 is 0. The standard InChI is InChI=1S/C11H11NO4/c1-11(2)15-9(13)8(10(14)16-11)7(5-12)6-3-4-6/h8H,3-4H2,1-2H3. The number of allylic oxidation sites excluding steroid dienone is 1. The molecule has 2 aliphatic rings. The highest BCUT2D eigenvalue weighted by molar-refractivity contribution is 6.01. The van der Waals surface area contributed by atoms with Gasteiger partial charge in [0.05, 0.1) is 11.6 Å². The first-order chi connectivity index (χ1) is 7.44. The molecule has 0 unspecified atom stereocenters. The average Bonchev–Trinajstić information content (AvgIpc) is 2.92. The van der Waals surface area contributed by atoms with Crippen LogP contribution in [0, 0.1) is 17.2 Å². The van der Waals surface area contributed by atoms with Crippen molar-refractivity contribution in [3.05, 3.63) is 11.1 Å². The Labute approximate surface area is 92.6 Å². The van der Waals surface area contributed by atoms with Gasteiger partial charge in [-0.3, -0.25) is 9.59 Å². The van der Waals surface area contributed by atoms with Crippen molar-refractivity contribution in [2.45, 2.75) is 32.5 Å². The van der Waals surface area contributed by atoms with Crippen LogP contribution in [0.5, 0.6) is 0 Å². The lowest BCUT2D eigenvalue weighted by molar-refractivity contribution is -0.237. The molecule has 5 heteroatoms. The maximum atomic E-state index is 11.6. The van der Waals surface area contributed by atoms with Gasteiger partial charge in [-0.15, -0.1) is 0 Å². The molecule has 0 amide bonds. The number of nitrogens with zero attached hydrogens (tertiary/aromatic N) is 1. The number of ether oxygens (including phenoxy) is 2. The highest BCUT2D eigenvalue weighted by atomic mass is 16.7. The minimum atomic E-state index is -1.24. The van der Waals surface area contributed by atoms with Crippen molar-refractivity contribution in [1.29, 1.82) is 5.26 Å². The lowest BCUT2D eigenvalue weighted by Gasteiger charge is -2.32. The third kappa shape index (κ3) is 1.78. The molecular formula is C11H11NO4. The lowest BCUT2D eigenvalue weighted by atomic mass is 9.98. The average molecular weight is 221 g/mol. The molecule has 0 radical (unpaired) electrons. The van der Waals surface area contributed by atoms with Gasteiger partial charge in [0.1, 0.15) is 0 Å². The van der Waals surface area contributed by atoms with Gasteiger partial charge >= 0.3 is 11.9 Å². The zero-order valence-corrected chi connectivity index (χ0v) is 9.07. The summed E-state index contributed by atoms with van der Waals surface area (Å²) in [5, 5.41) is 8.93. The highest BCUT2D eigenvalue weighted by Gasteiger charge is 2.46. The topological polar surface area (TPSA) is 76.4 Å². The third-order valence-electron chi connectivity index (χ3n) is 2.45. The summed E-state index contributed by atoms with van der Waals surface area (Å²) in [4.78, 5) is 23.3. The summed E-state index contributed by atoms with van der Waals surface area (Å²) < 4.78 is 9.90. The monoisotopic (exact) mass is 221 g/mol. The molecule has 0 aromatic carbocycles. The second kappa shape index (κ2) is 3.34. The number of carbonyl (C=O) groups excluding carboxylic acids is 2. The molecule has 0 aromatic heterocycles. The van der Waals surface area contributed by atoms with Crippen LogP contribution >= 0.6 is 0 Å². The quantitative estimate of drug-likeness (QED) is 0.376. The molecule has 1 saturated carbocycles. The second-order valence-corrected chi connectivity index (χ2v) is 4.30. The van der Waals surface area contributed by atoms with E-state index >= 15 is 0 Å².